The van der Waals surface area contributed by atoms with Crippen LogP contribution in [0.3, 0.4) is 0 Å². The Labute approximate surface area is 187 Å². The van der Waals surface area contributed by atoms with E-state index < -0.39 is 6.10 Å². The summed E-state index contributed by atoms with van der Waals surface area (Å²) in [7, 11) is 0. The summed E-state index contributed by atoms with van der Waals surface area (Å²) in [5, 5.41) is 4.34. The molecule has 0 saturated carbocycles. The van der Waals surface area contributed by atoms with Crippen LogP contribution in [-0.4, -0.2) is 24.3 Å². The summed E-state index contributed by atoms with van der Waals surface area (Å²) in [5.41, 5.74) is 3.71. The molecule has 0 radical (unpaired) electrons. The molecular weight excluding hydrogens is 425 g/mol. The number of aryl methyl sites for hydroxylation is 2. The molecule has 156 valence electrons. The normalized spacial score (nSPS) is 14.2. The first-order chi connectivity index (χ1) is 14.1. The van der Waals surface area contributed by atoms with Gasteiger partial charge in [0.15, 0.2) is 6.10 Å². The van der Waals surface area contributed by atoms with Crippen LogP contribution in [0.4, 0.5) is 0 Å². The van der Waals surface area contributed by atoms with Gasteiger partial charge in [0.1, 0.15) is 5.75 Å². The third-order valence-electron chi connectivity index (χ3n) is 5.12. The third-order valence-corrected chi connectivity index (χ3v) is 6.81. The average Bonchev–Trinajstić information content (AvgIpc) is 2.73. The number of carbonyl (C=O) groups excluding carboxylic acids is 1. The Kier molecular flexibility index (Phi) is 8.58. The Balaban J connectivity index is 1.44. The van der Waals surface area contributed by atoms with Crippen molar-refractivity contribution in [1.82, 2.24) is 5.32 Å². The predicted molar refractivity (Wildman–Crippen MR) is 123 cm³/mol. The summed E-state index contributed by atoms with van der Waals surface area (Å²) in [4.78, 5) is 12.5. The molecular formula is C23H27Cl2NO2S. The number of thioether (sulfide) groups is 1. The van der Waals surface area contributed by atoms with Gasteiger partial charge >= 0.3 is 0 Å². The number of fused-ring (bicyclic) bond motifs is 1. The molecule has 0 aliphatic heterocycles. The summed E-state index contributed by atoms with van der Waals surface area (Å²) in [6, 6.07) is 11.8. The van der Waals surface area contributed by atoms with Gasteiger partial charge < -0.3 is 10.1 Å². The first-order valence-corrected chi connectivity index (χ1v) is 12.1. The largest absolute Gasteiger partial charge is 0.481 e. The Morgan fingerprint density at radius 2 is 1.86 bits per heavy atom. The predicted octanol–water partition coefficient (Wildman–Crippen LogP) is 6.08. The fourth-order valence-electron chi connectivity index (χ4n) is 3.47. The number of ether oxygens (including phenoxy) is 1. The lowest BCUT2D eigenvalue weighted by molar-refractivity contribution is -0.127. The minimum Gasteiger partial charge on any atom is -0.481 e. The van der Waals surface area contributed by atoms with Crippen molar-refractivity contribution in [3.63, 3.8) is 0 Å². The van der Waals surface area contributed by atoms with Gasteiger partial charge in [0.25, 0.3) is 5.91 Å². The molecule has 1 atom stereocenters. The highest BCUT2D eigenvalue weighted by atomic mass is 35.5. The van der Waals surface area contributed by atoms with Crippen molar-refractivity contribution in [3.8, 4) is 5.75 Å². The molecule has 3 rings (SSSR count). The minimum absolute atomic E-state index is 0.0680. The molecule has 2 aromatic carbocycles. The molecule has 0 unspecified atom stereocenters. The van der Waals surface area contributed by atoms with Crippen molar-refractivity contribution in [1.29, 1.82) is 0 Å². The summed E-state index contributed by atoms with van der Waals surface area (Å²) in [5.74, 6) is 2.22. The lowest BCUT2D eigenvalue weighted by Gasteiger charge is -2.20. The number of carbonyl (C=O) groups is 1. The monoisotopic (exact) mass is 451 g/mol. The lowest BCUT2D eigenvalue weighted by atomic mass is 9.92. The van der Waals surface area contributed by atoms with Gasteiger partial charge in [-0.3, -0.25) is 4.79 Å². The van der Waals surface area contributed by atoms with Crippen LogP contribution in [0.25, 0.3) is 0 Å². The highest BCUT2D eigenvalue weighted by Crippen LogP contribution is 2.28. The molecule has 3 nitrogen and oxygen atoms in total. The lowest BCUT2D eigenvalue weighted by Crippen LogP contribution is -2.39. The molecule has 2 aromatic rings. The molecule has 0 heterocycles. The summed E-state index contributed by atoms with van der Waals surface area (Å²) in [6.45, 7) is 2.55. The Morgan fingerprint density at radius 3 is 2.59 bits per heavy atom. The van der Waals surface area contributed by atoms with Crippen molar-refractivity contribution in [3.05, 3.63) is 63.1 Å². The quantitative estimate of drug-likeness (QED) is 0.469. The number of hydrogen-bond acceptors (Lipinski definition) is 3. The van der Waals surface area contributed by atoms with Crippen molar-refractivity contribution in [2.75, 3.05) is 12.3 Å². The minimum atomic E-state index is -0.473. The number of nitrogens with one attached hydrogen (secondary N) is 1. The van der Waals surface area contributed by atoms with E-state index in [1.807, 2.05) is 31.2 Å². The van der Waals surface area contributed by atoms with Crippen molar-refractivity contribution >= 4 is 40.9 Å². The van der Waals surface area contributed by atoms with Crippen LogP contribution < -0.4 is 10.1 Å². The van der Waals surface area contributed by atoms with Crippen LogP contribution in [0, 0.1) is 0 Å². The molecule has 0 spiro atoms. The van der Waals surface area contributed by atoms with E-state index in [9.17, 15) is 4.79 Å². The van der Waals surface area contributed by atoms with Crippen LogP contribution in [0.1, 0.15) is 42.9 Å². The van der Waals surface area contributed by atoms with Gasteiger partial charge in [-0.05, 0) is 73.1 Å². The standard InChI is InChI=1S/C23H27Cl2NO2S/c1-2-22(28-18-11-10-16-6-3-4-7-17(16)14-18)23(27)26-12-13-29-15-19-20(24)8-5-9-21(19)25/h5,8-11,14,22H,2-4,6-7,12-13,15H2,1H3,(H,26,27)/t22-/m1/s1. The Hall–Kier alpha value is -1.36. The topological polar surface area (TPSA) is 38.3 Å². The number of rotatable bonds is 9. The van der Waals surface area contributed by atoms with E-state index in [-0.39, 0.29) is 5.91 Å². The molecule has 1 aliphatic rings. The van der Waals surface area contributed by atoms with Gasteiger partial charge in [-0.1, -0.05) is 42.3 Å². The third kappa shape index (κ3) is 6.31. The second kappa shape index (κ2) is 11.1. The van der Waals surface area contributed by atoms with E-state index in [1.165, 1.54) is 24.0 Å². The fourth-order valence-corrected chi connectivity index (χ4v) is 5.07. The Morgan fingerprint density at radius 1 is 1.14 bits per heavy atom. The van der Waals surface area contributed by atoms with Crippen molar-refractivity contribution in [2.45, 2.75) is 50.9 Å². The second-order valence-electron chi connectivity index (χ2n) is 7.20. The number of hydrogen-bond donors (Lipinski definition) is 1. The van der Waals surface area contributed by atoms with E-state index in [0.717, 1.165) is 35.7 Å². The van der Waals surface area contributed by atoms with Crippen molar-refractivity contribution < 1.29 is 9.53 Å². The van der Waals surface area contributed by atoms with E-state index in [2.05, 4.69) is 17.4 Å². The molecule has 1 N–H and O–H groups in total. The molecule has 1 aliphatic carbocycles. The van der Waals surface area contributed by atoms with Gasteiger partial charge in [-0.25, -0.2) is 0 Å². The summed E-state index contributed by atoms with van der Waals surface area (Å²) in [6.07, 6.45) is 4.89. The SMILES string of the molecule is CC[C@@H](Oc1ccc2c(c1)CCCC2)C(=O)NCCSCc1c(Cl)cccc1Cl. The van der Waals surface area contributed by atoms with Gasteiger partial charge in [-0.15, -0.1) is 0 Å². The highest BCUT2D eigenvalue weighted by molar-refractivity contribution is 7.98. The van der Waals surface area contributed by atoms with E-state index in [4.69, 9.17) is 27.9 Å². The average molecular weight is 452 g/mol. The Bertz CT molecular complexity index is 823. The molecule has 1 amide bonds. The van der Waals surface area contributed by atoms with Crippen LogP contribution in [0.5, 0.6) is 5.75 Å². The van der Waals surface area contributed by atoms with Gasteiger partial charge in [0, 0.05) is 28.1 Å². The van der Waals surface area contributed by atoms with Gasteiger partial charge in [-0.2, -0.15) is 11.8 Å². The number of amides is 1. The second-order valence-corrected chi connectivity index (χ2v) is 9.12. The zero-order valence-corrected chi connectivity index (χ0v) is 19.0. The van der Waals surface area contributed by atoms with Gasteiger partial charge in [0.05, 0.1) is 0 Å². The number of halogens is 2. The summed E-state index contributed by atoms with van der Waals surface area (Å²) >= 11 is 14.1. The molecule has 0 fully saturated rings. The molecule has 0 saturated heterocycles. The highest BCUT2D eigenvalue weighted by Gasteiger charge is 2.19. The van der Waals surface area contributed by atoms with Crippen molar-refractivity contribution in [2.24, 2.45) is 0 Å². The van der Waals surface area contributed by atoms with Crippen LogP contribution in [0.2, 0.25) is 10.0 Å². The molecule has 0 aromatic heterocycles. The zero-order valence-electron chi connectivity index (χ0n) is 16.7. The zero-order chi connectivity index (χ0) is 20.6. The summed E-state index contributed by atoms with van der Waals surface area (Å²) < 4.78 is 6.00. The maximum absolute atomic E-state index is 12.5. The molecule has 0 bridgehead atoms. The number of benzene rings is 2. The van der Waals surface area contributed by atoms with E-state index in [1.54, 1.807) is 11.8 Å². The maximum atomic E-state index is 12.5. The molecule has 6 heteroatoms. The van der Waals surface area contributed by atoms with Crippen LogP contribution in [0.15, 0.2) is 36.4 Å². The molecule has 29 heavy (non-hydrogen) atoms. The van der Waals surface area contributed by atoms with Crippen LogP contribution in [-0.2, 0) is 23.4 Å². The van der Waals surface area contributed by atoms with E-state index >= 15 is 0 Å². The van der Waals surface area contributed by atoms with E-state index in [0.29, 0.717) is 23.0 Å². The fraction of sp³-hybridized carbons (Fsp3) is 0.435. The van der Waals surface area contributed by atoms with Crippen LogP contribution >= 0.6 is 35.0 Å². The maximum Gasteiger partial charge on any atom is 0.261 e. The first kappa shape index (κ1) is 22.3. The smallest absolute Gasteiger partial charge is 0.261 e. The first-order valence-electron chi connectivity index (χ1n) is 10.1. The van der Waals surface area contributed by atoms with Gasteiger partial charge in [0.2, 0.25) is 0 Å².